The molecule has 30 heavy (non-hydrogen) atoms. The van der Waals surface area contributed by atoms with Crippen LogP contribution >= 0.6 is 0 Å². The molecule has 5 nitrogen and oxygen atoms in total. The Balaban J connectivity index is 1.71. The van der Waals surface area contributed by atoms with Crippen molar-refractivity contribution in [3.05, 3.63) is 29.3 Å². The molecule has 5 atom stereocenters. The summed E-state index contributed by atoms with van der Waals surface area (Å²) < 4.78 is 17.8. The van der Waals surface area contributed by atoms with Crippen molar-refractivity contribution in [1.29, 1.82) is 0 Å². The fraction of sp³-hybridized carbons (Fsp3) is 0.760. The van der Waals surface area contributed by atoms with E-state index in [0.29, 0.717) is 25.6 Å². The van der Waals surface area contributed by atoms with Crippen LogP contribution in [0.5, 0.6) is 5.75 Å². The van der Waals surface area contributed by atoms with Gasteiger partial charge in [0, 0.05) is 17.8 Å². The van der Waals surface area contributed by atoms with Crippen molar-refractivity contribution in [2.45, 2.75) is 83.2 Å². The van der Waals surface area contributed by atoms with Gasteiger partial charge in [0.05, 0.1) is 26.4 Å². The first kappa shape index (κ1) is 22.1. The second kappa shape index (κ2) is 7.77. The van der Waals surface area contributed by atoms with E-state index in [9.17, 15) is 10.2 Å². The van der Waals surface area contributed by atoms with E-state index in [1.165, 1.54) is 11.1 Å². The van der Waals surface area contributed by atoms with Crippen LogP contribution in [0.3, 0.4) is 0 Å². The van der Waals surface area contributed by atoms with Crippen LogP contribution < -0.4 is 4.74 Å². The Bertz CT molecular complexity index is 771. The molecular weight excluding hydrogens is 380 g/mol. The molecule has 2 aliphatic carbocycles. The van der Waals surface area contributed by atoms with Crippen LogP contribution in [0.15, 0.2) is 18.2 Å². The van der Waals surface area contributed by atoms with E-state index in [-0.39, 0.29) is 11.8 Å². The largest absolute Gasteiger partial charge is 0.497 e. The van der Waals surface area contributed by atoms with Crippen LogP contribution in [-0.2, 0) is 15.9 Å². The van der Waals surface area contributed by atoms with E-state index in [0.717, 1.165) is 31.4 Å². The number of hydrogen-bond acceptors (Lipinski definition) is 5. The standard InChI is InChI=1S/C25H38O5/c1-16(2)8-11-24(29-12-13-30-24)17(3)25(27)22(26)15-21-20-7-6-19(28-5)14-18(20)9-10-23(21,25)4/h6-7,14,16-17,21-22,26-27H,8-13,15H2,1-5H3/t17-,21+,22-,23+,25-/m1/s1. The summed E-state index contributed by atoms with van der Waals surface area (Å²) in [5, 5.41) is 23.6. The third-order valence-corrected chi connectivity index (χ3v) is 8.46. The lowest BCUT2D eigenvalue weighted by molar-refractivity contribution is -0.274. The number of hydrogen-bond donors (Lipinski definition) is 2. The molecule has 1 heterocycles. The molecule has 0 aromatic heterocycles. The van der Waals surface area contributed by atoms with Crippen LogP contribution in [0.1, 0.15) is 70.4 Å². The summed E-state index contributed by atoms with van der Waals surface area (Å²) in [6.45, 7) is 9.63. The van der Waals surface area contributed by atoms with Crippen molar-refractivity contribution in [2.75, 3.05) is 20.3 Å². The number of aryl methyl sites for hydroxylation is 1. The maximum Gasteiger partial charge on any atom is 0.173 e. The average molecular weight is 419 g/mol. The van der Waals surface area contributed by atoms with Gasteiger partial charge in [-0.2, -0.15) is 0 Å². The molecule has 3 aliphatic rings. The van der Waals surface area contributed by atoms with Crippen LogP contribution in [-0.4, -0.2) is 48.0 Å². The molecule has 1 saturated carbocycles. The van der Waals surface area contributed by atoms with Gasteiger partial charge >= 0.3 is 0 Å². The molecule has 0 radical (unpaired) electrons. The number of aliphatic hydroxyl groups is 2. The minimum atomic E-state index is -1.28. The molecule has 1 aliphatic heterocycles. The second-order valence-corrected chi connectivity index (χ2v) is 10.3. The van der Waals surface area contributed by atoms with Gasteiger partial charge < -0.3 is 24.4 Å². The Morgan fingerprint density at radius 1 is 1.20 bits per heavy atom. The first-order chi connectivity index (χ1) is 14.2. The van der Waals surface area contributed by atoms with Gasteiger partial charge in [0.1, 0.15) is 11.4 Å². The Morgan fingerprint density at radius 3 is 2.53 bits per heavy atom. The third-order valence-electron chi connectivity index (χ3n) is 8.46. The van der Waals surface area contributed by atoms with E-state index in [4.69, 9.17) is 14.2 Å². The first-order valence-electron chi connectivity index (χ1n) is 11.5. The molecule has 0 spiro atoms. The van der Waals surface area contributed by atoms with Crippen molar-refractivity contribution < 1.29 is 24.4 Å². The van der Waals surface area contributed by atoms with Crippen molar-refractivity contribution in [3.8, 4) is 5.75 Å². The lowest BCUT2D eigenvalue weighted by atomic mass is 9.57. The summed E-state index contributed by atoms with van der Waals surface area (Å²) in [6, 6.07) is 6.22. The molecule has 1 saturated heterocycles. The summed E-state index contributed by atoms with van der Waals surface area (Å²) in [6.07, 6.45) is 3.10. The van der Waals surface area contributed by atoms with Gasteiger partial charge in [-0.3, -0.25) is 0 Å². The summed E-state index contributed by atoms with van der Waals surface area (Å²) in [4.78, 5) is 0. The molecule has 5 heteroatoms. The summed E-state index contributed by atoms with van der Waals surface area (Å²) in [7, 11) is 1.69. The van der Waals surface area contributed by atoms with Gasteiger partial charge in [-0.05, 0) is 60.8 Å². The maximum absolute atomic E-state index is 12.3. The van der Waals surface area contributed by atoms with Gasteiger partial charge in [-0.25, -0.2) is 0 Å². The Kier molecular flexibility index (Phi) is 5.72. The van der Waals surface area contributed by atoms with Gasteiger partial charge in [0.15, 0.2) is 5.79 Å². The monoisotopic (exact) mass is 418 g/mol. The third kappa shape index (κ3) is 3.12. The van der Waals surface area contributed by atoms with Crippen molar-refractivity contribution in [2.24, 2.45) is 17.3 Å². The fourth-order valence-electron chi connectivity index (χ4n) is 6.52. The summed E-state index contributed by atoms with van der Waals surface area (Å²) in [5.41, 5.74) is 0.768. The molecule has 0 amide bonds. The zero-order valence-corrected chi connectivity index (χ0v) is 19.1. The Labute approximate surface area is 180 Å². The van der Waals surface area contributed by atoms with Crippen LogP contribution in [0, 0.1) is 17.3 Å². The van der Waals surface area contributed by atoms with E-state index < -0.39 is 22.9 Å². The zero-order valence-electron chi connectivity index (χ0n) is 19.1. The Morgan fingerprint density at radius 2 is 1.90 bits per heavy atom. The SMILES string of the molecule is COc1ccc2c(c1)CC[C@@]1(C)[C@H]2C[C@@H](O)[C@]1(O)[C@H](C)C1(CCC(C)C)OCCO1. The minimum absolute atomic E-state index is 0.0955. The predicted molar refractivity (Wildman–Crippen MR) is 116 cm³/mol. The Hall–Kier alpha value is -1.14. The van der Waals surface area contributed by atoms with E-state index >= 15 is 0 Å². The topological polar surface area (TPSA) is 68.2 Å². The van der Waals surface area contributed by atoms with Gasteiger partial charge in [-0.1, -0.05) is 33.8 Å². The highest BCUT2D eigenvalue weighted by molar-refractivity contribution is 5.43. The van der Waals surface area contributed by atoms with E-state index in [1.807, 2.05) is 13.0 Å². The van der Waals surface area contributed by atoms with Crippen LogP contribution in [0.2, 0.25) is 0 Å². The van der Waals surface area contributed by atoms with Crippen molar-refractivity contribution in [3.63, 3.8) is 0 Å². The predicted octanol–water partition coefficient (Wildman–Crippen LogP) is 4.04. The smallest absolute Gasteiger partial charge is 0.173 e. The molecule has 2 N–H and O–H groups in total. The first-order valence-corrected chi connectivity index (χ1v) is 11.5. The van der Waals surface area contributed by atoms with Crippen LogP contribution in [0.25, 0.3) is 0 Å². The fourth-order valence-corrected chi connectivity index (χ4v) is 6.52. The highest BCUT2D eigenvalue weighted by Gasteiger charge is 2.69. The van der Waals surface area contributed by atoms with Crippen molar-refractivity contribution in [1.82, 2.24) is 0 Å². The molecule has 4 rings (SSSR count). The highest BCUT2D eigenvalue weighted by Crippen LogP contribution is 2.64. The number of aliphatic hydroxyl groups excluding tert-OH is 1. The highest BCUT2D eigenvalue weighted by atomic mass is 16.7. The quantitative estimate of drug-likeness (QED) is 0.730. The average Bonchev–Trinajstić information content (AvgIpc) is 3.29. The minimum Gasteiger partial charge on any atom is -0.497 e. The van der Waals surface area contributed by atoms with E-state index in [2.05, 4.69) is 32.9 Å². The molecular formula is C25H38O5. The lowest BCUT2D eigenvalue weighted by Gasteiger charge is -2.53. The number of rotatable bonds is 6. The van der Waals surface area contributed by atoms with Gasteiger partial charge in [0.25, 0.3) is 0 Å². The summed E-state index contributed by atoms with van der Waals surface area (Å²) in [5.74, 6) is 0.303. The van der Waals surface area contributed by atoms with E-state index in [1.54, 1.807) is 7.11 Å². The van der Waals surface area contributed by atoms with Gasteiger partial charge in [0.2, 0.25) is 0 Å². The molecule has 168 valence electrons. The maximum atomic E-state index is 12.3. The molecule has 1 aromatic carbocycles. The number of ether oxygens (including phenoxy) is 3. The normalized spacial score (nSPS) is 35.9. The zero-order chi connectivity index (χ0) is 21.7. The number of methoxy groups -OCH3 is 1. The lowest BCUT2D eigenvalue weighted by Crippen LogP contribution is -2.62. The van der Waals surface area contributed by atoms with Gasteiger partial charge in [-0.15, -0.1) is 0 Å². The molecule has 0 unspecified atom stereocenters. The molecule has 0 bridgehead atoms. The molecule has 1 aromatic rings. The second-order valence-electron chi connectivity index (χ2n) is 10.3. The number of fused-ring (bicyclic) bond motifs is 3. The summed E-state index contributed by atoms with van der Waals surface area (Å²) >= 11 is 0. The van der Waals surface area contributed by atoms with Crippen molar-refractivity contribution >= 4 is 0 Å². The number of benzene rings is 1. The van der Waals surface area contributed by atoms with Crippen LogP contribution in [0.4, 0.5) is 0 Å². The molecule has 2 fully saturated rings.